The Labute approximate surface area is 306 Å². The monoisotopic (exact) mass is 740 g/mol. The summed E-state index contributed by atoms with van der Waals surface area (Å²) in [5, 5.41) is 5.07. The zero-order valence-electron chi connectivity index (χ0n) is 29.0. The van der Waals surface area contributed by atoms with Crippen LogP contribution in [-0.2, 0) is 22.9 Å². The Morgan fingerprint density at radius 1 is 0.741 bits per heavy atom. The van der Waals surface area contributed by atoms with Crippen LogP contribution in [-0.4, -0.2) is 34.1 Å². The van der Waals surface area contributed by atoms with Crippen LogP contribution in [0.2, 0.25) is 0 Å². The van der Waals surface area contributed by atoms with E-state index in [4.69, 9.17) is 4.98 Å². The van der Waals surface area contributed by atoms with E-state index in [1.165, 1.54) is 12.1 Å². The summed E-state index contributed by atoms with van der Waals surface area (Å²) in [5.41, 5.74) is 3.28. The fraction of sp³-hybridized carbons (Fsp3) is 0.214. The lowest BCUT2D eigenvalue weighted by molar-refractivity contribution is -0.141. The van der Waals surface area contributed by atoms with Crippen molar-refractivity contribution in [3.8, 4) is 22.3 Å². The molecule has 0 saturated carbocycles. The topological polar surface area (TPSA) is 76.0 Å². The number of carbonyl (C=O) groups excluding carboxylic acids is 2. The largest absolute Gasteiger partial charge is 0.416 e. The first-order valence-corrected chi connectivity index (χ1v) is 17.4. The summed E-state index contributed by atoms with van der Waals surface area (Å²) in [7, 11) is 0. The third kappa shape index (κ3) is 6.83. The highest BCUT2D eigenvalue weighted by molar-refractivity contribution is 6.11. The molecule has 0 atom stereocenters. The first kappa shape index (κ1) is 36.4. The van der Waals surface area contributed by atoms with Gasteiger partial charge in [0.05, 0.1) is 16.8 Å². The molecular weight excluding hydrogens is 706 g/mol. The maximum Gasteiger partial charge on any atom is 0.416 e. The number of para-hydroxylation sites is 1. The fourth-order valence-electron chi connectivity index (χ4n) is 7.58. The highest BCUT2D eigenvalue weighted by Crippen LogP contribution is 2.51. The molecule has 0 radical (unpaired) electrons. The Kier molecular flexibility index (Phi) is 9.55. The normalized spacial score (nSPS) is 13.4. The number of imidazole rings is 1. The average molecular weight is 741 g/mol. The molecule has 0 spiro atoms. The van der Waals surface area contributed by atoms with Crippen LogP contribution in [0.4, 0.5) is 32.0 Å². The number of benzene rings is 5. The zero-order valence-corrected chi connectivity index (χ0v) is 29.0. The maximum atomic E-state index is 13.9. The van der Waals surface area contributed by atoms with Crippen molar-refractivity contribution in [2.75, 3.05) is 11.9 Å². The molecule has 0 aliphatic heterocycles. The van der Waals surface area contributed by atoms with Crippen LogP contribution in [0.3, 0.4) is 0 Å². The quantitative estimate of drug-likeness (QED) is 0.108. The number of carbonyl (C=O) groups is 2. The Hall–Kier alpha value is -5.91. The smallest absolute Gasteiger partial charge is 0.346 e. The molecule has 54 heavy (non-hydrogen) atoms. The molecule has 6 aromatic rings. The molecule has 2 N–H and O–H groups in total. The molecule has 1 aliphatic rings. The number of unbranched alkanes of at least 4 members (excludes halogenated alkanes) is 1. The Morgan fingerprint density at radius 2 is 1.37 bits per heavy atom. The Bertz CT molecular complexity index is 2330. The molecule has 2 amide bonds. The SMILES string of the molecule is Cc1nc2c(NC(=O)c3ccccc3-c3cccc(C(F)(F)F)c3)cccc2n1CCCCC1(C(=O)NCC(F)(F)F)c2ccccc2-c2ccccc21. The van der Waals surface area contributed by atoms with Gasteiger partial charge in [0, 0.05) is 12.1 Å². The zero-order chi connectivity index (χ0) is 38.3. The van der Waals surface area contributed by atoms with Crippen molar-refractivity contribution < 1.29 is 35.9 Å². The standard InChI is InChI=1S/C42H34F6N4O2/c1-26-50-37-35(51-38(53)32-17-3-2-14-29(32)27-12-10-13-28(24-27)42(46,47)48)20-11-21-36(37)52(26)23-9-8-22-40(39(54)49-25-41(43,44)45)33-18-6-4-15-30(33)31-16-5-7-19-34(31)40/h2-7,10-21,24H,8-9,22-23,25H2,1H3,(H,49,54)(H,51,53). The first-order chi connectivity index (χ1) is 25.8. The molecular formula is C42H34F6N4O2. The lowest BCUT2D eigenvalue weighted by atomic mass is 9.73. The first-order valence-electron chi connectivity index (χ1n) is 17.4. The minimum absolute atomic E-state index is 0.188. The highest BCUT2D eigenvalue weighted by Gasteiger charge is 2.49. The molecule has 6 nitrogen and oxygen atoms in total. The van der Waals surface area contributed by atoms with E-state index in [2.05, 4.69) is 10.6 Å². The predicted octanol–water partition coefficient (Wildman–Crippen LogP) is 10.1. The van der Waals surface area contributed by atoms with E-state index in [1.54, 1.807) is 48.5 Å². The van der Waals surface area contributed by atoms with Crippen LogP contribution in [0.1, 0.15) is 52.1 Å². The van der Waals surface area contributed by atoms with Gasteiger partial charge in [0.2, 0.25) is 5.91 Å². The number of hydrogen-bond donors (Lipinski definition) is 2. The second kappa shape index (κ2) is 14.1. The molecule has 0 unspecified atom stereocenters. The van der Waals surface area contributed by atoms with E-state index in [1.807, 2.05) is 54.0 Å². The third-order valence-corrected chi connectivity index (χ3v) is 9.97. The Balaban J connectivity index is 1.12. The minimum atomic E-state index is -4.57. The van der Waals surface area contributed by atoms with E-state index in [9.17, 15) is 35.9 Å². The third-order valence-electron chi connectivity index (χ3n) is 9.97. The summed E-state index contributed by atoms with van der Waals surface area (Å²) in [6, 6.07) is 31.2. The minimum Gasteiger partial charge on any atom is -0.346 e. The Morgan fingerprint density at radius 3 is 2.04 bits per heavy atom. The number of halogens is 6. The number of rotatable bonds is 10. The van der Waals surface area contributed by atoms with Crippen LogP contribution in [0.25, 0.3) is 33.3 Å². The van der Waals surface area contributed by atoms with Gasteiger partial charge in [-0.3, -0.25) is 9.59 Å². The van der Waals surface area contributed by atoms with E-state index in [0.29, 0.717) is 53.1 Å². The van der Waals surface area contributed by atoms with Crippen molar-refractivity contribution in [1.82, 2.24) is 14.9 Å². The van der Waals surface area contributed by atoms with E-state index in [0.717, 1.165) is 28.8 Å². The molecule has 0 saturated heterocycles. The van der Waals surface area contributed by atoms with Gasteiger partial charge in [-0.1, -0.05) is 84.9 Å². The summed E-state index contributed by atoms with van der Waals surface area (Å²) in [6.07, 6.45) is -7.79. The molecule has 0 bridgehead atoms. The number of hydrogen-bond acceptors (Lipinski definition) is 3. The molecule has 5 aromatic carbocycles. The van der Waals surface area contributed by atoms with Crippen molar-refractivity contribution in [3.63, 3.8) is 0 Å². The van der Waals surface area contributed by atoms with Gasteiger partial charge in [0.25, 0.3) is 5.91 Å². The number of aromatic nitrogens is 2. The molecule has 276 valence electrons. The summed E-state index contributed by atoms with van der Waals surface area (Å²) in [4.78, 5) is 32.3. The van der Waals surface area contributed by atoms with Crippen molar-refractivity contribution in [2.45, 2.75) is 50.5 Å². The van der Waals surface area contributed by atoms with Crippen LogP contribution >= 0.6 is 0 Å². The van der Waals surface area contributed by atoms with Gasteiger partial charge in [-0.25, -0.2) is 4.98 Å². The fourth-order valence-corrected chi connectivity index (χ4v) is 7.58. The number of fused-ring (bicyclic) bond motifs is 4. The second-order valence-corrected chi connectivity index (χ2v) is 13.3. The predicted molar refractivity (Wildman–Crippen MR) is 195 cm³/mol. The van der Waals surface area contributed by atoms with Gasteiger partial charge in [-0.2, -0.15) is 26.3 Å². The van der Waals surface area contributed by atoms with Gasteiger partial charge in [-0.05, 0) is 89.9 Å². The van der Waals surface area contributed by atoms with Crippen LogP contribution < -0.4 is 10.6 Å². The number of amides is 2. The number of aryl methyl sites for hydroxylation is 2. The maximum absolute atomic E-state index is 13.9. The lowest BCUT2D eigenvalue weighted by Gasteiger charge is -2.31. The molecule has 1 heterocycles. The summed E-state index contributed by atoms with van der Waals surface area (Å²) in [6.45, 7) is 0.861. The summed E-state index contributed by atoms with van der Waals surface area (Å²) >= 11 is 0. The molecule has 0 fully saturated rings. The van der Waals surface area contributed by atoms with E-state index in [-0.39, 0.29) is 17.5 Å². The highest BCUT2D eigenvalue weighted by atomic mass is 19.4. The van der Waals surface area contributed by atoms with E-state index >= 15 is 0 Å². The van der Waals surface area contributed by atoms with Gasteiger partial charge < -0.3 is 15.2 Å². The van der Waals surface area contributed by atoms with Crippen molar-refractivity contribution in [1.29, 1.82) is 0 Å². The van der Waals surface area contributed by atoms with Crippen LogP contribution in [0.5, 0.6) is 0 Å². The number of anilines is 1. The molecule has 1 aliphatic carbocycles. The summed E-state index contributed by atoms with van der Waals surface area (Å²) in [5.74, 6) is -0.560. The number of alkyl halides is 6. The van der Waals surface area contributed by atoms with Crippen molar-refractivity contribution in [2.24, 2.45) is 0 Å². The second-order valence-electron chi connectivity index (χ2n) is 13.3. The number of nitrogens with one attached hydrogen (secondary N) is 2. The average Bonchev–Trinajstić information content (AvgIpc) is 3.64. The van der Waals surface area contributed by atoms with Crippen LogP contribution in [0.15, 0.2) is 115 Å². The van der Waals surface area contributed by atoms with E-state index < -0.39 is 41.7 Å². The summed E-state index contributed by atoms with van der Waals surface area (Å²) < 4.78 is 82.2. The van der Waals surface area contributed by atoms with Gasteiger partial charge in [0.15, 0.2) is 0 Å². The number of nitrogens with zero attached hydrogens (tertiary/aromatic N) is 2. The lowest BCUT2D eigenvalue weighted by Crippen LogP contribution is -2.47. The van der Waals surface area contributed by atoms with Crippen LogP contribution in [0, 0.1) is 6.92 Å². The molecule has 12 heteroatoms. The van der Waals surface area contributed by atoms with Gasteiger partial charge >= 0.3 is 12.4 Å². The van der Waals surface area contributed by atoms with Crippen molar-refractivity contribution >= 4 is 28.5 Å². The van der Waals surface area contributed by atoms with Gasteiger partial charge in [-0.15, -0.1) is 0 Å². The molecule has 1 aromatic heterocycles. The van der Waals surface area contributed by atoms with Crippen molar-refractivity contribution in [3.05, 3.63) is 143 Å². The van der Waals surface area contributed by atoms with Gasteiger partial charge in [0.1, 0.15) is 23.3 Å². The molecule has 7 rings (SSSR count).